The van der Waals surface area contributed by atoms with Crippen LogP contribution in [0, 0.1) is 0 Å². The quantitative estimate of drug-likeness (QED) is 0.379. The fraction of sp³-hybridized carbons (Fsp3) is 1.00. The fourth-order valence-corrected chi connectivity index (χ4v) is 0.433. The minimum absolute atomic E-state index is 0.254. The summed E-state index contributed by atoms with van der Waals surface area (Å²) in [6.07, 6.45) is 0.254. The van der Waals surface area contributed by atoms with Crippen LogP contribution in [0.25, 0.3) is 0 Å². The minimum Gasteiger partial charge on any atom is -0.427 e. The average Bonchev–Trinajstić information content (AvgIpc) is 1.87. The molecule has 0 atom stereocenters. The molecule has 0 aromatic carbocycles. The lowest BCUT2D eigenvalue weighted by atomic mass is 9.87. The molecule has 10 heavy (non-hydrogen) atoms. The Bertz CT molecular complexity index is 68.7. The van der Waals surface area contributed by atoms with E-state index in [9.17, 15) is 0 Å². The predicted octanol–water partition coefficient (Wildman–Crippen LogP) is -0.878. The number of ether oxygens (including phenoxy) is 2. The van der Waals surface area contributed by atoms with E-state index in [0.29, 0.717) is 19.8 Å². The Balaban J connectivity index is 2.77. The Hall–Kier alpha value is -0.0951. The van der Waals surface area contributed by atoms with Crippen molar-refractivity contribution in [2.45, 2.75) is 6.32 Å². The molecule has 5 heteroatoms. The summed E-state index contributed by atoms with van der Waals surface area (Å²) in [6.45, 7) is 1.41. The van der Waals surface area contributed by atoms with Crippen molar-refractivity contribution in [3.8, 4) is 0 Å². The largest absolute Gasteiger partial charge is 0.453 e. The first-order valence-corrected chi connectivity index (χ1v) is 3.20. The van der Waals surface area contributed by atoms with Crippen molar-refractivity contribution in [1.82, 2.24) is 0 Å². The first-order valence-electron chi connectivity index (χ1n) is 3.20. The van der Waals surface area contributed by atoms with E-state index in [4.69, 9.17) is 19.5 Å². The molecule has 4 nitrogen and oxygen atoms in total. The van der Waals surface area contributed by atoms with Gasteiger partial charge in [0.15, 0.2) is 0 Å². The Morgan fingerprint density at radius 3 is 2.40 bits per heavy atom. The highest BCUT2D eigenvalue weighted by Crippen LogP contribution is 1.85. The summed E-state index contributed by atoms with van der Waals surface area (Å²) >= 11 is 0. The normalized spacial score (nSPS) is 9.90. The maximum atomic E-state index is 8.35. The van der Waals surface area contributed by atoms with Gasteiger partial charge < -0.3 is 19.5 Å². The maximum absolute atomic E-state index is 8.35. The number of methoxy groups -OCH3 is 1. The Morgan fingerprint density at radius 1 is 1.20 bits per heavy atom. The van der Waals surface area contributed by atoms with Crippen LogP contribution in [-0.2, 0) is 9.47 Å². The summed E-state index contributed by atoms with van der Waals surface area (Å²) < 4.78 is 9.64. The van der Waals surface area contributed by atoms with E-state index in [1.807, 2.05) is 0 Å². The summed E-state index contributed by atoms with van der Waals surface area (Å²) in [5.74, 6) is 0. The number of hydrogen-bond donors (Lipinski definition) is 2. The molecule has 0 fully saturated rings. The van der Waals surface area contributed by atoms with E-state index < -0.39 is 7.12 Å². The van der Waals surface area contributed by atoms with Crippen LogP contribution in [0.3, 0.4) is 0 Å². The molecular formula is C5H13BO4. The zero-order valence-electron chi connectivity index (χ0n) is 6.12. The van der Waals surface area contributed by atoms with Gasteiger partial charge in [-0.1, -0.05) is 0 Å². The van der Waals surface area contributed by atoms with Crippen molar-refractivity contribution in [3.05, 3.63) is 0 Å². The molecule has 0 heterocycles. The van der Waals surface area contributed by atoms with Crippen LogP contribution in [0.1, 0.15) is 0 Å². The predicted molar refractivity (Wildman–Crippen MR) is 37.7 cm³/mol. The van der Waals surface area contributed by atoms with Gasteiger partial charge in [0.2, 0.25) is 0 Å². The second kappa shape index (κ2) is 7.02. The van der Waals surface area contributed by atoms with Crippen molar-refractivity contribution in [1.29, 1.82) is 0 Å². The van der Waals surface area contributed by atoms with Gasteiger partial charge in [-0.2, -0.15) is 0 Å². The first kappa shape index (κ1) is 9.90. The molecule has 2 N–H and O–H groups in total. The Morgan fingerprint density at radius 2 is 1.90 bits per heavy atom. The topological polar surface area (TPSA) is 58.9 Å². The van der Waals surface area contributed by atoms with Crippen molar-refractivity contribution in [2.24, 2.45) is 0 Å². The molecule has 0 amide bonds. The van der Waals surface area contributed by atoms with Crippen molar-refractivity contribution in [2.75, 3.05) is 26.9 Å². The second-order valence-electron chi connectivity index (χ2n) is 1.87. The zero-order chi connectivity index (χ0) is 7.82. The third kappa shape index (κ3) is 7.90. The van der Waals surface area contributed by atoms with Gasteiger partial charge in [0.25, 0.3) is 0 Å². The molecule has 0 rings (SSSR count). The van der Waals surface area contributed by atoms with E-state index >= 15 is 0 Å². The number of hydrogen-bond acceptors (Lipinski definition) is 4. The molecule has 0 aromatic heterocycles. The van der Waals surface area contributed by atoms with Gasteiger partial charge in [-0.3, -0.25) is 0 Å². The Kier molecular flexibility index (Phi) is 6.95. The lowest BCUT2D eigenvalue weighted by Crippen LogP contribution is -2.14. The third-order valence-electron chi connectivity index (χ3n) is 0.952. The lowest BCUT2D eigenvalue weighted by molar-refractivity contribution is 0.0757. The SMILES string of the molecule is COCCOCCB(O)O. The summed E-state index contributed by atoms with van der Waals surface area (Å²) in [4.78, 5) is 0. The molecule has 0 saturated carbocycles. The van der Waals surface area contributed by atoms with Crippen LogP contribution in [-0.4, -0.2) is 44.1 Å². The number of rotatable bonds is 6. The van der Waals surface area contributed by atoms with Gasteiger partial charge in [0, 0.05) is 20.0 Å². The van der Waals surface area contributed by atoms with Gasteiger partial charge in [-0.05, 0) is 0 Å². The van der Waals surface area contributed by atoms with E-state index in [0.717, 1.165) is 0 Å². The summed E-state index contributed by atoms with van der Waals surface area (Å²) in [7, 11) is 0.326. The molecule has 0 aliphatic rings. The van der Waals surface area contributed by atoms with E-state index in [-0.39, 0.29) is 6.32 Å². The molecule has 0 aliphatic carbocycles. The standard InChI is InChI=1S/C5H13BO4/c1-9-4-5-10-3-2-6(7)8/h7-8H,2-5H2,1H3. The third-order valence-corrected chi connectivity index (χ3v) is 0.952. The molecule has 0 saturated heterocycles. The molecule has 0 unspecified atom stereocenters. The summed E-state index contributed by atoms with van der Waals surface area (Å²) in [5.41, 5.74) is 0. The average molecular weight is 148 g/mol. The molecule has 0 aliphatic heterocycles. The van der Waals surface area contributed by atoms with Crippen molar-refractivity contribution in [3.63, 3.8) is 0 Å². The highest BCUT2D eigenvalue weighted by Gasteiger charge is 2.04. The van der Waals surface area contributed by atoms with Crippen LogP contribution in [0.5, 0.6) is 0 Å². The smallest absolute Gasteiger partial charge is 0.427 e. The van der Waals surface area contributed by atoms with Crippen LogP contribution in [0.4, 0.5) is 0 Å². The van der Waals surface area contributed by atoms with Crippen LogP contribution in [0.15, 0.2) is 0 Å². The van der Waals surface area contributed by atoms with Crippen molar-refractivity contribution >= 4 is 7.12 Å². The monoisotopic (exact) mass is 148 g/mol. The van der Waals surface area contributed by atoms with E-state index in [2.05, 4.69) is 0 Å². The molecule has 0 radical (unpaired) electrons. The molecule has 0 aromatic rings. The van der Waals surface area contributed by atoms with Gasteiger partial charge in [-0.15, -0.1) is 0 Å². The molecule has 0 bridgehead atoms. The Labute approximate surface area is 60.9 Å². The summed E-state index contributed by atoms with van der Waals surface area (Å²) in [6, 6.07) is 0. The van der Waals surface area contributed by atoms with E-state index in [1.165, 1.54) is 0 Å². The second-order valence-corrected chi connectivity index (χ2v) is 1.87. The molecule has 0 spiro atoms. The maximum Gasteiger partial charge on any atom is 0.453 e. The van der Waals surface area contributed by atoms with E-state index in [1.54, 1.807) is 7.11 Å². The van der Waals surface area contributed by atoms with Gasteiger partial charge >= 0.3 is 7.12 Å². The minimum atomic E-state index is -1.26. The first-order chi connectivity index (χ1) is 4.77. The molecular weight excluding hydrogens is 135 g/mol. The van der Waals surface area contributed by atoms with Crippen LogP contribution < -0.4 is 0 Å². The van der Waals surface area contributed by atoms with Crippen LogP contribution >= 0.6 is 0 Å². The lowest BCUT2D eigenvalue weighted by Gasteiger charge is -2.01. The zero-order valence-corrected chi connectivity index (χ0v) is 6.12. The van der Waals surface area contributed by atoms with Crippen LogP contribution in [0.2, 0.25) is 6.32 Å². The highest BCUT2D eigenvalue weighted by atomic mass is 16.5. The van der Waals surface area contributed by atoms with Gasteiger partial charge in [-0.25, -0.2) is 0 Å². The fourth-order valence-electron chi connectivity index (χ4n) is 0.433. The highest BCUT2D eigenvalue weighted by molar-refractivity contribution is 6.41. The van der Waals surface area contributed by atoms with Gasteiger partial charge in [0.1, 0.15) is 0 Å². The summed E-state index contributed by atoms with van der Waals surface area (Å²) in [5, 5.41) is 16.7. The van der Waals surface area contributed by atoms with Gasteiger partial charge in [0.05, 0.1) is 13.2 Å². The molecule has 60 valence electrons. The van der Waals surface area contributed by atoms with Crippen molar-refractivity contribution < 1.29 is 19.5 Å².